The SMILES string of the molecule is COc1cc(C)c(CCC=O)c(C)c1Cl. The molecule has 0 aromatic heterocycles. The number of carbonyl (C=O) groups is 1. The Morgan fingerprint density at radius 1 is 1.47 bits per heavy atom. The molecule has 0 fully saturated rings. The predicted octanol–water partition coefficient (Wildman–Crippen LogP) is 3.10. The summed E-state index contributed by atoms with van der Waals surface area (Å²) in [4.78, 5) is 10.4. The third-order valence-electron chi connectivity index (χ3n) is 2.55. The van der Waals surface area contributed by atoms with Gasteiger partial charge in [0.25, 0.3) is 0 Å². The highest BCUT2D eigenvalue weighted by Gasteiger charge is 2.11. The minimum atomic E-state index is 0.532. The van der Waals surface area contributed by atoms with Gasteiger partial charge in [-0.25, -0.2) is 0 Å². The quantitative estimate of drug-likeness (QED) is 0.738. The molecule has 3 heteroatoms. The second kappa shape index (κ2) is 5.17. The third kappa shape index (κ3) is 2.51. The molecule has 0 radical (unpaired) electrons. The van der Waals surface area contributed by atoms with E-state index in [0.717, 1.165) is 29.4 Å². The van der Waals surface area contributed by atoms with Crippen molar-refractivity contribution < 1.29 is 9.53 Å². The minimum absolute atomic E-state index is 0.532. The van der Waals surface area contributed by atoms with Crippen molar-refractivity contribution in [2.45, 2.75) is 26.7 Å². The van der Waals surface area contributed by atoms with E-state index in [0.29, 0.717) is 17.2 Å². The summed E-state index contributed by atoms with van der Waals surface area (Å²) in [7, 11) is 1.60. The molecule has 0 spiro atoms. The van der Waals surface area contributed by atoms with E-state index in [9.17, 15) is 4.79 Å². The van der Waals surface area contributed by atoms with Gasteiger partial charge >= 0.3 is 0 Å². The van der Waals surface area contributed by atoms with Gasteiger partial charge in [-0.2, -0.15) is 0 Å². The van der Waals surface area contributed by atoms with E-state index >= 15 is 0 Å². The zero-order chi connectivity index (χ0) is 11.4. The molecule has 1 aromatic carbocycles. The summed E-state index contributed by atoms with van der Waals surface area (Å²) in [6.45, 7) is 3.96. The van der Waals surface area contributed by atoms with Crippen molar-refractivity contribution in [3.63, 3.8) is 0 Å². The van der Waals surface area contributed by atoms with E-state index < -0.39 is 0 Å². The van der Waals surface area contributed by atoms with Crippen LogP contribution < -0.4 is 4.74 Å². The van der Waals surface area contributed by atoms with Crippen LogP contribution in [0.25, 0.3) is 0 Å². The van der Waals surface area contributed by atoms with Crippen LogP contribution in [0.1, 0.15) is 23.1 Å². The fourth-order valence-electron chi connectivity index (χ4n) is 1.70. The first-order valence-corrected chi connectivity index (χ1v) is 5.25. The molecule has 1 aromatic rings. The van der Waals surface area contributed by atoms with E-state index in [2.05, 4.69) is 0 Å². The Kier molecular flexibility index (Phi) is 4.15. The zero-order valence-corrected chi connectivity index (χ0v) is 10.0. The number of ether oxygens (including phenoxy) is 1. The topological polar surface area (TPSA) is 26.3 Å². The van der Waals surface area contributed by atoms with Crippen LogP contribution >= 0.6 is 11.6 Å². The average Bonchev–Trinajstić information content (AvgIpc) is 2.23. The second-order valence-electron chi connectivity index (χ2n) is 3.52. The number of hydrogen-bond acceptors (Lipinski definition) is 2. The van der Waals surface area contributed by atoms with E-state index in [1.807, 2.05) is 19.9 Å². The Morgan fingerprint density at radius 3 is 2.67 bits per heavy atom. The normalized spacial score (nSPS) is 10.1. The highest BCUT2D eigenvalue weighted by molar-refractivity contribution is 6.33. The van der Waals surface area contributed by atoms with Gasteiger partial charge in [-0.05, 0) is 43.0 Å². The van der Waals surface area contributed by atoms with Crippen LogP contribution in [0, 0.1) is 13.8 Å². The Labute approximate surface area is 95.2 Å². The molecule has 15 heavy (non-hydrogen) atoms. The molecule has 0 N–H and O–H groups in total. The van der Waals surface area contributed by atoms with Crippen LogP contribution in [0.5, 0.6) is 5.75 Å². The lowest BCUT2D eigenvalue weighted by atomic mass is 9.98. The molecule has 0 saturated carbocycles. The second-order valence-corrected chi connectivity index (χ2v) is 3.90. The van der Waals surface area contributed by atoms with Gasteiger partial charge in [0.15, 0.2) is 0 Å². The summed E-state index contributed by atoms with van der Waals surface area (Å²) in [6, 6.07) is 1.91. The van der Waals surface area contributed by atoms with Gasteiger partial charge in [-0.3, -0.25) is 0 Å². The fraction of sp³-hybridized carbons (Fsp3) is 0.417. The smallest absolute Gasteiger partial charge is 0.138 e. The Bertz CT molecular complexity index is 372. The molecule has 2 nitrogen and oxygen atoms in total. The molecular formula is C12H15ClO2. The monoisotopic (exact) mass is 226 g/mol. The molecule has 0 amide bonds. The maximum absolute atomic E-state index is 10.4. The highest BCUT2D eigenvalue weighted by atomic mass is 35.5. The van der Waals surface area contributed by atoms with E-state index in [-0.39, 0.29) is 0 Å². The first kappa shape index (κ1) is 12.1. The van der Waals surface area contributed by atoms with Crippen LogP contribution in [-0.2, 0) is 11.2 Å². The summed E-state index contributed by atoms with van der Waals surface area (Å²) in [5.41, 5.74) is 3.28. The molecule has 0 bridgehead atoms. The Balaban J connectivity index is 3.16. The van der Waals surface area contributed by atoms with Gasteiger partial charge in [0.1, 0.15) is 12.0 Å². The van der Waals surface area contributed by atoms with Gasteiger partial charge in [-0.15, -0.1) is 0 Å². The van der Waals surface area contributed by atoms with Crippen molar-refractivity contribution in [3.8, 4) is 5.75 Å². The molecule has 0 unspecified atom stereocenters. The number of methoxy groups -OCH3 is 1. The predicted molar refractivity (Wildman–Crippen MR) is 61.9 cm³/mol. The number of carbonyl (C=O) groups excluding carboxylic acids is 1. The van der Waals surface area contributed by atoms with Crippen LogP contribution in [0.15, 0.2) is 6.07 Å². The number of benzene rings is 1. The van der Waals surface area contributed by atoms with Crippen molar-refractivity contribution in [1.29, 1.82) is 0 Å². The number of aryl methyl sites for hydroxylation is 1. The summed E-state index contributed by atoms with van der Waals surface area (Å²) >= 11 is 6.14. The highest BCUT2D eigenvalue weighted by Crippen LogP contribution is 2.32. The van der Waals surface area contributed by atoms with Gasteiger partial charge in [0, 0.05) is 6.42 Å². The minimum Gasteiger partial charge on any atom is -0.495 e. The maximum atomic E-state index is 10.4. The zero-order valence-electron chi connectivity index (χ0n) is 9.26. The Morgan fingerprint density at radius 2 is 2.13 bits per heavy atom. The Hall–Kier alpha value is -1.02. The first-order chi connectivity index (χ1) is 7.11. The summed E-state index contributed by atoms with van der Waals surface area (Å²) < 4.78 is 5.16. The molecule has 0 aliphatic rings. The lowest BCUT2D eigenvalue weighted by Gasteiger charge is -2.13. The molecule has 1 rings (SSSR count). The van der Waals surface area contributed by atoms with E-state index in [1.165, 1.54) is 0 Å². The van der Waals surface area contributed by atoms with Crippen molar-refractivity contribution in [2.75, 3.05) is 7.11 Å². The van der Waals surface area contributed by atoms with Crippen molar-refractivity contribution >= 4 is 17.9 Å². The van der Waals surface area contributed by atoms with E-state index in [4.69, 9.17) is 16.3 Å². The standard InChI is InChI=1S/C12H15ClO2/c1-8-7-11(15-3)12(13)9(2)10(8)5-4-6-14/h6-7H,4-5H2,1-3H3. The van der Waals surface area contributed by atoms with Gasteiger partial charge in [-0.1, -0.05) is 11.6 Å². The van der Waals surface area contributed by atoms with Crippen LogP contribution in [0.2, 0.25) is 5.02 Å². The molecule has 0 atom stereocenters. The van der Waals surface area contributed by atoms with Crippen molar-refractivity contribution in [2.24, 2.45) is 0 Å². The summed E-state index contributed by atoms with van der Waals surface area (Å²) in [5, 5.41) is 0.643. The number of halogens is 1. The third-order valence-corrected chi connectivity index (χ3v) is 3.02. The molecule has 0 aliphatic heterocycles. The molecule has 0 aliphatic carbocycles. The van der Waals surface area contributed by atoms with Crippen molar-refractivity contribution in [1.82, 2.24) is 0 Å². The van der Waals surface area contributed by atoms with Crippen molar-refractivity contribution in [3.05, 3.63) is 27.8 Å². The fourth-order valence-corrected chi connectivity index (χ4v) is 1.94. The van der Waals surface area contributed by atoms with Gasteiger partial charge in [0.2, 0.25) is 0 Å². The molecule has 0 heterocycles. The number of hydrogen-bond donors (Lipinski definition) is 0. The largest absolute Gasteiger partial charge is 0.495 e. The summed E-state index contributed by atoms with van der Waals surface area (Å²) in [6.07, 6.45) is 2.20. The number of aldehydes is 1. The maximum Gasteiger partial charge on any atom is 0.138 e. The van der Waals surface area contributed by atoms with Crippen LogP contribution in [-0.4, -0.2) is 13.4 Å². The van der Waals surface area contributed by atoms with Gasteiger partial charge < -0.3 is 9.53 Å². The number of rotatable bonds is 4. The van der Waals surface area contributed by atoms with Crippen LogP contribution in [0.3, 0.4) is 0 Å². The summed E-state index contributed by atoms with van der Waals surface area (Å²) in [5.74, 6) is 0.696. The average molecular weight is 227 g/mol. The van der Waals surface area contributed by atoms with E-state index in [1.54, 1.807) is 7.11 Å². The lowest BCUT2D eigenvalue weighted by molar-refractivity contribution is -0.107. The van der Waals surface area contributed by atoms with Crippen LogP contribution in [0.4, 0.5) is 0 Å². The first-order valence-electron chi connectivity index (χ1n) is 4.88. The molecule has 82 valence electrons. The molecule has 0 saturated heterocycles. The lowest BCUT2D eigenvalue weighted by Crippen LogP contribution is -1.98. The van der Waals surface area contributed by atoms with Gasteiger partial charge in [0.05, 0.1) is 12.1 Å². The molecular weight excluding hydrogens is 212 g/mol.